The number of thiazole rings is 1. The predicted octanol–water partition coefficient (Wildman–Crippen LogP) is 5.56. The summed E-state index contributed by atoms with van der Waals surface area (Å²) in [6.45, 7) is 2.08. The number of hydrogen-bond acceptors (Lipinski definition) is 7. The summed E-state index contributed by atoms with van der Waals surface area (Å²) < 4.78 is 6.13. The normalized spacial score (nSPS) is 17.8. The lowest BCUT2D eigenvalue weighted by Gasteiger charge is -2.21. The Kier molecular flexibility index (Phi) is 5.47. The minimum absolute atomic E-state index is 0.0566. The van der Waals surface area contributed by atoms with Gasteiger partial charge in [-0.25, -0.2) is 4.98 Å². The molecule has 0 bridgehead atoms. The van der Waals surface area contributed by atoms with Gasteiger partial charge in [0, 0.05) is 10.4 Å². The van der Waals surface area contributed by atoms with Crippen LogP contribution >= 0.6 is 22.7 Å². The smallest absolute Gasteiger partial charge is 0.301 e. The number of aliphatic hydroxyl groups excluding tert-OH is 1. The number of fused-ring (bicyclic) bond motifs is 1. The quantitative estimate of drug-likeness (QED) is 0.232. The van der Waals surface area contributed by atoms with E-state index in [4.69, 9.17) is 4.74 Å². The zero-order valence-corrected chi connectivity index (χ0v) is 19.6. The molecule has 1 N–H and O–H groups in total. The maximum absolute atomic E-state index is 13.2. The van der Waals surface area contributed by atoms with Crippen LogP contribution in [-0.2, 0) is 16.0 Å². The number of carbonyl (C=O) groups is 2. The van der Waals surface area contributed by atoms with Gasteiger partial charge in [-0.1, -0.05) is 30.4 Å². The molecule has 33 heavy (non-hydrogen) atoms. The van der Waals surface area contributed by atoms with Crippen molar-refractivity contribution in [1.29, 1.82) is 0 Å². The molecule has 1 amide bonds. The standard InChI is InChI=1S/C25H20N2O4S2/c1-3-14-6-11-17-19(13-14)33-25(26-17)27-21(18-5-4-12-32-18)20(23(29)24(27)30)22(28)15-7-9-16(31-2)10-8-15/h4-13,21,28H,3H2,1-2H3/t21-/m0/s1. The second kappa shape index (κ2) is 8.46. The van der Waals surface area contributed by atoms with Crippen molar-refractivity contribution >= 4 is 55.5 Å². The monoisotopic (exact) mass is 476 g/mol. The van der Waals surface area contributed by atoms with E-state index in [1.54, 1.807) is 31.4 Å². The fourth-order valence-electron chi connectivity index (χ4n) is 3.93. The molecular formula is C25H20N2O4S2. The number of hydrogen-bond donors (Lipinski definition) is 1. The van der Waals surface area contributed by atoms with E-state index in [0.29, 0.717) is 16.4 Å². The number of carbonyl (C=O) groups excluding carboxylic acids is 2. The highest BCUT2D eigenvalue weighted by molar-refractivity contribution is 7.22. The van der Waals surface area contributed by atoms with Gasteiger partial charge in [-0.05, 0) is 59.8 Å². The van der Waals surface area contributed by atoms with Crippen LogP contribution in [0.2, 0.25) is 0 Å². The van der Waals surface area contributed by atoms with Crippen LogP contribution in [0.5, 0.6) is 5.75 Å². The molecule has 1 saturated heterocycles. The van der Waals surface area contributed by atoms with Crippen LogP contribution < -0.4 is 9.64 Å². The van der Waals surface area contributed by atoms with E-state index >= 15 is 0 Å². The third-order valence-corrected chi connectivity index (χ3v) is 7.62. The van der Waals surface area contributed by atoms with Gasteiger partial charge in [0.25, 0.3) is 5.78 Å². The largest absolute Gasteiger partial charge is 0.507 e. The number of anilines is 1. The molecule has 0 unspecified atom stereocenters. The molecule has 6 nitrogen and oxygen atoms in total. The first-order valence-corrected chi connectivity index (χ1v) is 12.1. The lowest BCUT2D eigenvalue weighted by atomic mass is 10.00. The van der Waals surface area contributed by atoms with Crippen molar-refractivity contribution in [2.24, 2.45) is 0 Å². The van der Waals surface area contributed by atoms with E-state index in [9.17, 15) is 14.7 Å². The summed E-state index contributed by atoms with van der Waals surface area (Å²) in [5.74, 6) is -1.01. The number of thiophene rings is 1. The molecule has 0 spiro atoms. The van der Waals surface area contributed by atoms with Crippen molar-refractivity contribution in [2.75, 3.05) is 12.0 Å². The summed E-state index contributed by atoms with van der Waals surface area (Å²) in [6, 6.07) is 15.7. The highest BCUT2D eigenvalue weighted by Crippen LogP contribution is 2.45. The van der Waals surface area contributed by atoms with E-state index in [2.05, 4.69) is 18.0 Å². The molecule has 1 aliphatic rings. The molecule has 4 aromatic rings. The first kappa shape index (κ1) is 21.4. The Hall–Kier alpha value is -3.49. The minimum atomic E-state index is -0.752. The molecule has 1 fully saturated rings. The third kappa shape index (κ3) is 3.61. The number of rotatable bonds is 5. The molecule has 1 atom stereocenters. The highest BCUT2D eigenvalue weighted by Gasteiger charge is 2.48. The number of aliphatic hydroxyl groups is 1. The van der Waals surface area contributed by atoms with E-state index in [1.807, 2.05) is 29.6 Å². The number of Topliss-reactive ketones (excluding diaryl/α,β-unsaturated/α-hetero) is 1. The van der Waals surface area contributed by atoms with Gasteiger partial charge in [-0.2, -0.15) is 0 Å². The summed E-state index contributed by atoms with van der Waals surface area (Å²) in [7, 11) is 1.55. The van der Waals surface area contributed by atoms with Gasteiger partial charge in [0.05, 0.1) is 22.9 Å². The average Bonchev–Trinajstić information content (AvgIpc) is 3.57. The number of amides is 1. The van der Waals surface area contributed by atoms with Gasteiger partial charge in [-0.3, -0.25) is 14.5 Å². The topological polar surface area (TPSA) is 79.7 Å². The first-order chi connectivity index (χ1) is 16.0. The maximum Gasteiger partial charge on any atom is 0.301 e. The van der Waals surface area contributed by atoms with Crippen molar-refractivity contribution in [3.8, 4) is 5.75 Å². The summed E-state index contributed by atoms with van der Waals surface area (Å²) in [6.07, 6.45) is 0.894. The second-order valence-corrected chi connectivity index (χ2v) is 9.55. The average molecular weight is 477 g/mol. The van der Waals surface area contributed by atoms with Crippen molar-refractivity contribution < 1.29 is 19.4 Å². The molecule has 0 radical (unpaired) electrons. The Bertz CT molecular complexity index is 1390. The number of nitrogens with zero attached hydrogens (tertiary/aromatic N) is 2. The van der Waals surface area contributed by atoms with E-state index < -0.39 is 17.7 Å². The zero-order chi connectivity index (χ0) is 23.1. The zero-order valence-electron chi connectivity index (χ0n) is 17.9. The molecule has 0 aliphatic carbocycles. The fraction of sp³-hybridized carbons (Fsp3) is 0.160. The Morgan fingerprint density at radius 2 is 1.94 bits per heavy atom. The van der Waals surface area contributed by atoms with Gasteiger partial charge in [0.2, 0.25) is 0 Å². The Balaban J connectivity index is 1.67. The molecule has 2 aromatic carbocycles. The van der Waals surface area contributed by atoms with Crippen molar-refractivity contribution in [1.82, 2.24) is 4.98 Å². The lowest BCUT2D eigenvalue weighted by molar-refractivity contribution is -0.132. The maximum atomic E-state index is 13.2. The van der Waals surface area contributed by atoms with Crippen LogP contribution in [0.25, 0.3) is 16.0 Å². The highest BCUT2D eigenvalue weighted by atomic mass is 32.1. The lowest BCUT2D eigenvalue weighted by Crippen LogP contribution is -2.28. The van der Waals surface area contributed by atoms with Crippen molar-refractivity contribution in [2.45, 2.75) is 19.4 Å². The van der Waals surface area contributed by atoms with Gasteiger partial charge in [-0.15, -0.1) is 11.3 Å². The van der Waals surface area contributed by atoms with E-state index in [0.717, 1.165) is 21.5 Å². The minimum Gasteiger partial charge on any atom is -0.507 e. The number of benzene rings is 2. The summed E-state index contributed by atoms with van der Waals surface area (Å²) in [5, 5.41) is 13.5. The van der Waals surface area contributed by atoms with Crippen LogP contribution in [-0.4, -0.2) is 28.9 Å². The van der Waals surface area contributed by atoms with Crippen LogP contribution in [0.15, 0.2) is 65.6 Å². The molecule has 1 aliphatic heterocycles. The number of aromatic nitrogens is 1. The third-order valence-electron chi connectivity index (χ3n) is 5.68. The Morgan fingerprint density at radius 3 is 2.61 bits per heavy atom. The van der Waals surface area contributed by atoms with Crippen LogP contribution in [0, 0.1) is 0 Å². The molecular weight excluding hydrogens is 456 g/mol. The van der Waals surface area contributed by atoms with Gasteiger partial charge in [0.1, 0.15) is 17.6 Å². The van der Waals surface area contributed by atoms with Crippen LogP contribution in [0.4, 0.5) is 5.13 Å². The predicted molar refractivity (Wildman–Crippen MR) is 131 cm³/mol. The molecule has 8 heteroatoms. The molecule has 0 saturated carbocycles. The second-order valence-electron chi connectivity index (χ2n) is 7.57. The van der Waals surface area contributed by atoms with E-state index in [-0.39, 0.29) is 11.3 Å². The van der Waals surface area contributed by atoms with Crippen LogP contribution in [0.1, 0.15) is 29.0 Å². The van der Waals surface area contributed by atoms with Crippen LogP contribution in [0.3, 0.4) is 0 Å². The van der Waals surface area contributed by atoms with Gasteiger partial charge in [0.15, 0.2) is 5.13 Å². The Labute approximate surface area is 198 Å². The SMILES string of the molecule is CCc1ccc2nc(N3C(=O)C(=O)C(=C(O)c4ccc(OC)cc4)[C@@H]3c3cccs3)sc2c1. The van der Waals surface area contributed by atoms with Gasteiger partial charge < -0.3 is 9.84 Å². The van der Waals surface area contributed by atoms with Crippen molar-refractivity contribution in [3.63, 3.8) is 0 Å². The number of methoxy groups -OCH3 is 1. The molecule has 2 aromatic heterocycles. The molecule has 166 valence electrons. The van der Waals surface area contributed by atoms with Gasteiger partial charge >= 0.3 is 5.91 Å². The summed E-state index contributed by atoms with van der Waals surface area (Å²) >= 11 is 2.79. The molecule has 5 rings (SSSR count). The molecule has 3 heterocycles. The first-order valence-electron chi connectivity index (χ1n) is 10.4. The Morgan fingerprint density at radius 1 is 1.15 bits per heavy atom. The summed E-state index contributed by atoms with van der Waals surface area (Å²) in [4.78, 5) is 33.3. The summed E-state index contributed by atoms with van der Waals surface area (Å²) in [5.41, 5.74) is 2.44. The number of ether oxygens (including phenoxy) is 1. The number of aryl methyl sites for hydroxylation is 1. The fourth-order valence-corrected chi connectivity index (χ4v) is 5.81. The van der Waals surface area contributed by atoms with E-state index in [1.165, 1.54) is 33.1 Å². The number of ketones is 1. The van der Waals surface area contributed by atoms with Crippen molar-refractivity contribution in [3.05, 3.63) is 81.6 Å².